The van der Waals surface area contributed by atoms with Crippen LogP contribution in [0.5, 0.6) is 0 Å². The topological polar surface area (TPSA) is 132 Å². The van der Waals surface area contributed by atoms with Crippen molar-refractivity contribution in [1.82, 2.24) is 20.1 Å². The molecule has 2 saturated heterocycles. The SMILES string of the molecule is CN1CCC(O)(CNC(=O)[C@H]2OCC(=O)N(C3CC3)[C@@H]2c2cccnc2)CC1.O=CO. The Morgan fingerprint density at radius 1 is 1.39 bits per heavy atom. The maximum absolute atomic E-state index is 13.0. The quantitative estimate of drug-likeness (QED) is 0.542. The molecule has 2 aliphatic heterocycles. The Hall–Kier alpha value is -2.56. The summed E-state index contributed by atoms with van der Waals surface area (Å²) in [7, 11) is 2.02. The second kappa shape index (κ2) is 10.2. The number of morpholine rings is 1. The molecule has 3 N–H and O–H groups in total. The third-order valence-electron chi connectivity index (χ3n) is 5.99. The number of aliphatic hydroxyl groups is 1. The molecule has 0 unspecified atom stereocenters. The predicted octanol–water partition coefficient (Wildman–Crippen LogP) is -0.214. The van der Waals surface area contributed by atoms with Gasteiger partial charge in [-0.2, -0.15) is 0 Å². The van der Waals surface area contributed by atoms with Crippen LogP contribution in [-0.4, -0.2) is 94.3 Å². The van der Waals surface area contributed by atoms with E-state index in [0.717, 1.165) is 31.5 Å². The van der Waals surface area contributed by atoms with Crippen LogP contribution < -0.4 is 5.32 Å². The van der Waals surface area contributed by atoms with E-state index in [1.54, 1.807) is 23.4 Å². The lowest BCUT2D eigenvalue weighted by Crippen LogP contribution is -2.57. The number of hydrogen-bond acceptors (Lipinski definition) is 7. The van der Waals surface area contributed by atoms with Gasteiger partial charge in [-0.1, -0.05) is 6.07 Å². The number of piperidine rings is 1. The largest absolute Gasteiger partial charge is 0.483 e. The van der Waals surface area contributed by atoms with Gasteiger partial charge in [0.15, 0.2) is 6.10 Å². The van der Waals surface area contributed by atoms with Gasteiger partial charge in [0.05, 0.1) is 11.6 Å². The van der Waals surface area contributed by atoms with Gasteiger partial charge in [-0.05, 0) is 44.4 Å². The summed E-state index contributed by atoms with van der Waals surface area (Å²) < 4.78 is 5.70. The summed E-state index contributed by atoms with van der Waals surface area (Å²) in [6.45, 7) is 1.44. The van der Waals surface area contributed by atoms with Crippen molar-refractivity contribution in [2.24, 2.45) is 0 Å². The summed E-state index contributed by atoms with van der Waals surface area (Å²) in [5.74, 6) is -0.381. The molecule has 3 fully saturated rings. The molecule has 1 saturated carbocycles. The number of aromatic nitrogens is 1. The van der Waals surface area contributed by atoms with Gasteiger partial charge in [0, 0.05) is 38.1 Å². The Morgan fingerprint density at radius 2 is 2.06 bits per heavy atom. The fraction of sp³-hybridized carbons (Fsp3) is 0.619. The molecule has 3 aliphatic rings. The Balaban J connectivity index is 0.000000858. The molecule has 1 aliphatic carbocycles. The smallest absolute Gasteiger partial charge is 0.290 e. The third-order valence-corrected chi connectivity index (χ3v) is 5.99. The summed E-state index contributed by atoms with van der Waals surface area (Å²) in [6, 6.07) is 3.35. The summed E-state index contributed by atoms with van der Waals surface area (Å²) in [5.41, 5.74) is -0.104. The molecule has 31 heavy (non-hydrogen) atoms. The van der Waals surface area contributed by atoms with Crippen LogP contribution >= 0.6 is 0 Å². The van der Waals surface area contributed by atoms with Crippen molar-refractivity contribution in [1.29, 1.82) is 0 Å². The molecule has 1 aromatic rings. The molecule has 2 amide bonds. The van der Waals surface area contributed by atoms with Crippen molar-refractivity contribution in [3.63, 3.8) is 0 Å². The Morgan fingerprint density at radius 3 is 2.65 bits per heavy atom. The first-order chi connectivity index (χ1) is 14.9. The highest BCUT2D eigenvalue weighted by Gasteiger charge is 2.47. The lowest BCUT2D eigenvalue weighted by molar-refractivity contribution is -0.166. The van der Waals surface area contributed by atoms with Crippen molar-refractivity contribution < 1.29 is 29.3 Å². The van der Waals surface area contributed by atoms with Crippen LogP contribution in [-0.2, 0) is 19.1 Å². The zero-order valence-corrected chi connectivity index (χ0v) is 17.6. The summed E-state index contributed by atoms with van der Waals surface area (Å²) in [5, 5.41) is 20.5. The van der Waals surface area contributed by atoms with Gasteiger partial charge in [0.1, 0.15) is 6.61 Å². The molecule has 3 heterocycles. The van der Waals surface area contributed by atoms with Gasteiger partial charge in [0.25, 0.3) is 12.4 Å². The Kier molecular flexibility index (Phi) is 7.58. The minimum atomic E-state index is -0.896. The van der Waals surface area contributed by atoms with E-state index in [9.17, 15) is 14.7 Å². The fourth-order valence-corrected chi connectivity index (χ4v) is 4.08. The van der Waals surface area contributed by atoms with E-state index in [1.165, 1.54) is 0 Å². The van der Waals surface area contributed by atoms with Gasteiger partial charge >= 0.3 is 0 Å². The minimum Gasteiger partial charge on any atom is -0.483 e. The lowest BCUT2D eigenvalue weighted by atomic mass is 9.91. The standard InChI is InChI=1S/C20H28N4O4.CH2O2/c1-23-9-6-20(27,7-10-23)13-22-19(26)18-17(14-3-2-8-21-11-14)24(15-4-5-15)16(25)12-28-18;2-1-3/h2-3,8,11,15,17-18,27H,4-7,9-10,12-13H2,1H3,(H,22,26);1H,(H,2,3)/t17-,18+;/m1./s1. The van der Waals surface area contributed by atoms with Crippen molar-refractivity contribution in [3.05, 3.63) is 30.1 Å². The van der Waals surface area contributed by atoms with Crippen molar-refractivity contribution >= 4 is 18.3 Å². The van der Waals surface area contributed by atoms with Crippen LogP contribution in [0.25, 0.3) is 0 Å². The van der Waals surface area contributed by atoms with E-state index in [1.807, 2.05) is 13.1 Å². The first-order valence-electron chi connectivity index (χ1n) is 10.5. The average molecular weight is 434 g/mol. The molecular formula is C21H30N4O6. The summed E-state index contributed by atoms with van der Waals surface area (Å²) in [6.07, 6.45) is 5.68. The fourth-order valence-electron chi connectivity index (χ4n) is 4.08. The average Bonchev–Trinajstić information content (AvgIpc) is 3.60. The Bertz CT molecular complexity index is 764. The second-order valence-electron chi connectivity index (χ2n) is 8.35. The normalized spacial score (nSPS) is 25.9. The van der Waals surface area contributed by atoms with Gasteiger partial charge in [-0.3, -0.25) is 19.4 Å². The molecule has 1 aromatic heterocycles. The number of ether oxygens (including phenoxy) is 1. The lowest BCUT2D eigenvalue weighted by Gasteiger charge is -2.41. The number of rotatable bonds is 5. The molecule has 10 nitrogen and oxygen atoms in total. The van der Waals surface area contributed by atoms with Crippen LogP contribution in [0.15, 0.2) is 24.5 Å². The first kappa shape index (κ1) is 23.1. The highest BCUT2D eigenvalue weighted by molar-refractivity contribution is 5.86. The number of pyridine rings is 1. The number of nitrogens with zero attached hydrogens (tertiary/aromatic N) is 3. The van der Waals surface area contributed by atoms with E-state index < -0.39 is 17.7 Å². The zero-order chi connectivity index (χ0) is 22.4. The number of hydrogen-bond donors (Lipinski definition) is 3. The van der Waals surface area contributed by atoms with Gasteiger partial charge in [-0.15, -0.1) is 0 Å². The van der Waals surface area contributed by atoms with E-state index in [4.69, 9.17) is 14.6 Å². The number of amides is 2. The zero-order valence-electron chi connectivity index (χ0n) is 17.6. The molecule has 4 rings (SSSR count). The molecule has 0 aromatic carbocycles. The van der Waals surface area contributed by atoms with Crippen molar-refractivity contribution in [2.45, 2.75) is 49.5 Å². The van der Waals surface area contributed by atoms with E-state index >= 15 is 0 Å². The summed E-state index contributed by atoms with van der Waals surface area (Å²) >= 11 is 0. The van der Waals surface area contributed by atoms with E-state index in [-0.39, 0.29) is 37.5 Å². The molecule has 0 spiro atoms. The molecule has 10 heteroatoms. The number of nitrogens with one attached hydrogen (secondary N) is 1. The number of likely N-dealkylation sites (tertiary alicyclic amines) is 1. The van der Waals surface area contributed by atoms with Crippen LogP contribution in [0.1, 0.15) is 37.3 Å². The van der Waals surface area contributed by atoms with Crippen LogP contribution in [0.3, 0.4) is 0 Å². The number of carbonyl (C=O) groups excluding carboxylic acids is 2. The highest BCUT2D eigenvalue weighted by Crippen LogP contribution is 2.39. The Labute approximate surface area is 181 Å². The molecule has 2 atom stereocenters. The molecule has 0 bridgehead atoms. The number of carbonyl (C=O) groups is 3. The highest BCUT2D eigenvalue weighted by atomic mass is 16.5. The summed E-state index contributed by atoms with van der Waals surface area (Å²) in [4.78, 5) is 42.0. The van der Waals surface area contributed by atoms with Crippen molar-refractivity contribution in [2.75, 3.05) is 33.3 Å². The second-order valence-corrected chi connectivity index (χ2v) is 8.35. The molecular weight excluding hydrogens is 404 g/mol. The van der Waals surface area contributed by atoms with Gasteiger partial charge < -0.3 is 30.1 Å². The first-order valence-corrected chi connectivity index (χ1v) is 10.5. The molecule has 0 radical (unpaired) electrons. The van der Waals surface area contributed by atoms with Gasteiger partial charge in [0.2, 0.25) is 5.91 Å². The molecule has 170 valence electrons. The van der Waals surface area contributed by atoms with Gasteiger partial charge in [-0.25, -0.2) is 0 Å². The predicted molar refractivity (Wildman–Crippen MR) is 110 cm³/mol. The van der Waals surface area contributed by atoms with Crippen LogP contribution in [0.2, 0.25) is 0 Å². The third kappa shape index (κ3) is 5.78. The van der Waals surface area contributed by atoms with Crippen LogP contribution in [0, 0.1) is 0 Å². The van der Waals surface area contributed by atoms with E-state index in [2.05, 4.69) is 15.2 Å². The maximum atomic E-state index is 13.0. The van der Waals surface area contributed by atoms with E-state index in [0.29, 0.717) is 12.8 Å². The minimum absolute atomic E-state index is 0.0886. The van der Waals surface area contributed by atoms with Crippen molar-refractivity contribution in [3.8, 4) is 0 Å². The van der Waals surface area contributed by atoms with Crippen LogP contribution in [0.4, 0.5) is 0 Å². The maximum Gasteiger partial charge on any atom is 0.290 e. The number of carboxylic acid groups (broad SMARTS) is 1. The monoisotopic (exact) mass is 434 g/mol.